The highest BCUT2D eigenvalue weighted by atomic mass is 16.5. The van der Waals surface area contributed by atoms with Crippen LogP contribution in [0.5, 0.6) is 5.75 Å². The van der Waals surface area contributed by atoms with Gasteiger partial charge in [-0.25, -0.2) is 0 Å². The minimum absolute atomic E-state index is 0.0653. The summed E-state index contributed by atoms with van der Waals surface area (Å²) in [6.07, 6.45) is 1.03. The van der Waals surface area contributed by atoms with Gasteiger partial charge in [0.05, 0.1) is 6.61 Å². The van der Waals surface area contributed by atoms with Crippen molar-refractivity contribution in [3.8, 4) is 5.75 Å². The maximum absolute atomic E-state index is 9.15. The SMILES string of the molecule is CCCOc1ccc(CNCC(C)(C)CO)cc1. The van der Waals surface area contributed by atoms with E-state index in [2.05, 4.69) is 24.4 Å². The van der Waals surface area contributed by atoms with Crippen LogP contribution in [0.4, 0.5) is 0 Å². The van der Waals surface area contributed by atoms with Crippen LogP contribution in [0, 0.1) is 5.41 Å². The lowest BCUT2D eigenvalue weighted by Crippen LogP contribution is -2.31. The van der Waals surface area contributed by atoms with Gasteiger partial charge in [-0.3, -0.25) is 0 Å². The van der Waals surface area contributed by atoms with E-state index in [1.807, 2.05) is 26.0 Å². The number of rotatable bonds is 8. The van der Waals surface area contributed by atoms with Crippen molar-refractivity contribution < 1.29 is 9.84 Å². The quantitative estimate of drug-likeness (QED) is 0.746. The van der Waals surface area contributed by atoms with Crippen LogP contribution in [0.15, 0.2) is 24.3 Å². The molecule has 2 N–H and O–H groups in total. The van der Waals surface area contributed by atoms with Gasteiger partial charge in [0.2, 0.25) is 0 Å². The number of aliphatic hydroxyl groups excluding tert-OH is 1. The second-order valence-electron chi connectivity index (χ2n) is 5.42. The predicted octanol–water partition coefficient (Wildman–Crippen LogP) is 2.58. The van der Waals surface area contributed by atoms with Crippen LogP contribution in [0.1, 0.15) is 32.8 Å². The molecule has 102 valence electrons. The first-order chi connectivity index (χ1) is 8.57. The van der Waals surface area contributed by atoms with E-state index in [9.17, 15) is 0 Å². The van der Waals surface area contributed by atoms with Crippen molar-refractivity contribution in [1.29, 1.82) is 0 Å². The number of hydrogen-bond donors (Lipinski definition) is 2. The van der Waals surface area contributed by atoms with Crippen molar-refractivity contribution in [1.82, 2.24) is 5.32 Å². The molecule has 0 heterocycles. The summed E-state index contributed by atoms with van der Waals surface area (Å²) in [4.78, 5) is 0. The molecule has 0 bridgehead atoms. The van der Waals surface area contributed by atoms with Crippen molar-refractivity contribution in [2.45, 2.75) is 33.7 Å². The molecule has 0 aromatic heterocycles. The summed E-state index contributed by atoms with van der Waals surface area (Å²) in [7, 11) is 0. The Labute approximate surface area is 110 Å². The Kier molecular flexibility index (Phi) is 6.16. The molecule has 0 aliphatic rings. The fourth-order valence-corrected chi connectivity index (χ4v) is 1.52. The number of ether oxygens (including phenoxy) is 1. The van der Waals surface area contributed by atoms with Crippen molar-refractivity contribution in [3.63, 3.8) is 0 Å². The van der Waals surface area contributed by atoms with Crippen molar-refractivity contribution in [3.05, 3.63) is 29.8 Å². The van der Waals surface area contributed by atoms with Crippen LogP contribution in [0.25, 0.3) is 0 Å². The first-order valence-electron chi connectivity index (χ1n) is 6.61. The van der Waals surface area contributed by atoms with Gasteiger partial charge in [0, 0.05) is 25.1 Å². The highest BCUT2D eigenvalue weighted by Gasteiger charge is 2.15. The molecule has 1 aromatic carbocycles. The second-order valence-corrected chi connectivity index (χ2v) is 5.42. The van der Waals surface area contributed by atoms with Crippen molar-refractivity contribution in [2.24, 2.45) is 5.41 Å². The first kappa shape index (κ1) is 15.0. The summed E-state index contributed by atoms with van der Waals surface area (Å²) in [5, 5.41) is 12.5. The molecule has 0 radical (unpaired) electrons. The minimum Gasteiger partial charge on any atom is -0.494 e. The Morgan fingerprint density at radius 1 is 1.22 bits per heavy atom. The van der Waals surface area contributed by atoms with E-state index in [4.69, 9.17) is 9.84 Å². The molecule has 3 nitrogen and oxygen atoms in total. The van der Waals surface area contributed by atoms with Crippen LogP contribution in [0.2, 0.25) is 0 Å². The molecule has 3 heteroatoms. The minimum atomic E-state index is -0.0653. The van der Waals surface area contributed by atoms with E-state index in [0.717, 1.165) is 31.9 Å². The van der Waals surface area contributed by atoms with Gasteiger partial charge in [-0.2, -0.15) is 0 Å². The summed E-state index contributed by atoms with van der Waals surface area (Å²) in [6, 6.07) is 8.15. The number of hydrogen-bond acceptors (Lipinski definition) is 3. The van der Waals surface area contributed by atoms with Gasteiger partial charge >= 0.3 is 0 Å². The van der Waals surface area contributed by atoms with Crippen LogP contribution in [-0.2, 0) is 6.54 Å². The Morgan fingerprint density at radius 3 is 2.44 bits per heavy atom. The zero-order valence-corrected chi connectivity index (χ0v) is 11.7. The van der Waals surface area contributed by atoms with Crippen LogP contribution >= 0.6 is 0 Å². The van der Waals surface area contributed by atoms with Gasteiger partial charge < -0.3 is 15.2 Å². The van der Waals surface area contributed by atoms with E-state index in [1.165, 1.54) is 5.56 Å². The average Bonchev–Trinajstić information content (AvgIpc) is 2.38. The standard InChI is InChI=1S/C15H25NO2/c1-4-9-18-14-7-5-13(6-8-14)10-16-11-15(2,3)12-17/h5-8,16-17H,4,9-12H2,1-3H3. The smallest absolute Gasteiger partial charge is 0.119 e. The summed E-state index contributed by atoms with van der Waals surface area (Å²) < 4.78 is 5.53. The lowest BCUT2D eigenvalue weighted by atomic mass is 9.95. The molecule has 0 atom stereocenters. The Balaban J connectivity index is 2.35. The van der Waals surface area contributed by atoms with Crippen LogP contribution < -0.4 is 10.1 Å². The Hall–Kier alpha value is -1.06. The third-order valence-electron chi connectivity index (χ3n) is 2.76. The zero-order chi connectivity index (χ0) is 13.4. The molecule has 0 saturated heterocycles. The van der Waals surface area contributed by atoms with Gasteiger partial charge in [-0.1, -0.05) is 32.9 Å². The van der Waals surface area contributed by atoms with E-state index in [0.29, 0.717) is 0 Å². The highest BCUT2D eigenvalue weighted by Crippen LogP contribution is 2.14. The van der Waals surface area contributed by atoms with Crippen molar-refractivity contribution >= 4 is 0 Å². The summed E-state index contributed by atoms with van der Waals surface area (Å²) in [5.41, 5.74) is 1.16. The third-order valence-corrected chi connectivity index (χ3v) is 2.76. The average molecular weight is 251 g/mol. The summed E-state index contributed by atoms with van der Waals surface area (Å²) in [5.74, 6) is 0.927. The Morgan fingerprint density at radius 2 is 1.89 bits per heavy atom. The largest absolute Gasteiger partial charge is 0.494 e. The van der Waals surface area contributed by atoms with E-state index in [-0.39, 0.29) is 12.0 Å². The molecule has 0 amide bonds. The molecule has 0 aliphatic heterocycles. The first-order valence-corrected chi connectivity index (χ1v) is 6.61. The number of aliphatic hydroxyl groups is 1. The lowest BCUT2D eigenvalue weighted by Gasteiger charge is -2.21. The molecule has 1 rings (SSSR count). The number of benzene rings is 1. The number of nitrogens with one attached hydrogen (secondary N) is 1. The molecule has 0 aliphatic carbocycles. The molecule has 0 fully saturated rings. The molecule has 0 saturated carbocycles. The fraction of sp³-hybridized carbons (Fsp3) is 0.600. The van der Waals surface area contributed by atoms with Gasteiger partial charge in [-0.15, -0.1) is 0 Å². The van der Waals surface area contributed by atoms with E-state index in [1.54, 1.807) is 0 Å². The van der Waals surface area contributed by atoms with E-state index < -0.39 is 0 Å². The normalized spacial score (nSPS) is 11.6. The maximum Gasteiger partial charge on any atom is 0.119 e. The zero-order valence-electron chi connectivity index (χ0n) is 11.7. The Bertz CT molecular complexity index is 333. The second kappa shape index (κ2) is 7.39. The fourth-order valence-electron chi connectivity index (χ4n) is 1.52. The summed E-state index contributed by atoms with van der Waals surface area (Å²) in [6.45, 7) is 8.77. The monoisotopic (exact) mass is 251 g/mol. The van der Waals surface area contributed by atoms with Crippen LogP contribution in [-0.4, -0.2) is 24.9 Å². The molecule has 0 unspecified atom stereocenters. The highest BCUT2D eigenvalue weighted by molar-refractivity contribution is 5.27. The lowest BCUT2D eigenvalue weighted by molar-refractivity contribution is 0.156. The predicted molar refractivity (Wildman–Crippen MR) is 74.8 cm³/mol. The third kappa shape index (κ3) is 5.52. The topological polar surface area (TPSA) is 41.5 Å². The van der Waals surface area contributed by atoms with Gasteiger partial charge in [0.1, 0.15) is 5.75 Å². The van der Waals surface area contributed by atoms with E-state index >= 15 is 0 Å². The van der Waals surface area contributed by atoms with Gasteiger partial charge in [0.15, 0.2) is 0 Å². The van der Waals surface area contributed by atoms with Gasteiger partial charge in [-0.05, 0) is 24.1 Å². The van der Waals surface area contributed by atoms with Gasteiger partial charge in [0.25, 0.3) is 0 Å². The molecule has 1 aromatic rings. The van der Waals surface area contributed by atoms with Crippen LogP contribution in [0.3, 0.4) is 0 Å². The molecule has 0 spiro atoms. The molecular weight excluding hydrogens is 226 g/mol. The molecule has 18 heavy (non-hydrogen) atoms. The summed E-state index contributed by atoms with van der Waals surface area (Å²) >= 11 is 0. The maximum atomic E-state index is 9.15. The molecular formula is C15H25NO2. The van der Waals surface area contributed by atoms with Crippen molar-refractivity contribution in [2.75, 3.05) is 19.8 Å².